The van der Waals surface area contributed by atoms with Gasteiger partial charge in [0.2, 0.25) is 0 Å². The van der Waals surface area contributed by atoms with Crippen molar-refractivity contribution in [3.63, 3.8) is 0 Å². The normalized spacial score (nSPS) is 12.8. The van der Waals surface area contributed by atoms with Crippen LogP contribution in [0.1, 0.15) is 37.3 Å². The van der Waals surface area contributed by atoms with Gasteiger partial charge in [-0.1, -0.05) is 18.5 Å². The summed E-state index contributed by atoms with van der Waals surface area (Å²) in [5, 5.41) is 8.46. The van der Waals surface area contributed by atoms with Crippen LogP contribution in [0.15, 0.2) is 29.0 Å². The van der Waals surface area contributed by atoms with Gasteiger partial charge in [0, 0.05) is 13.5 Å². The van der Waals surface area contributed by atoms with Crippen LogP contribution in [0, 0.1) is 0 Å². The van der Waals surface area contributed by atoms with Crippen LogP contribution >= 0.6 is 11.6 Å². The standard InChI is InChI=1S/C14H20ClN3O/c1-3-8-16-13(7-6-11-5-4-9-19-11)14-12(15)10-17-18(14)2/h4-5,9-10,13,16H,3,6-8H2,1-2H3. The van der Waals surface area contributed by atoms with Crippen LogP contribution in [0.2, 0.25) is 5.02 Å². The van der Waals surface area contributed by atoms with Gasteiger partial charge in [0.15, 0.2) is 0 Å². The van der Waals surface area contributed by atoms with E-state index < -0.39 is 0 Å². The number of nitrogens with zero attached hydrogens (tertiary/aromatic N) is 2. The maximum absolute atomic E-state index is 6.23. The molecule has 0 bridgehead atoms. The van der Waals surface area contributed by atoms with Crippen LogP contribution in [0.25, 0.3) is 0 Å². The highest BCUT2D eigenvalue weighted by Gasteiger charge is 2.18. The number of aryl methyl sites for hydroxylation is 2. The highest BCUT2D eigenvalue weighted by atomic mass is 35.5. The van der Waals surface area contributed by atoms with E-state index in [4.69, 9.17) is 16.0 Å². The second-order valence-corrected chi connectivity index (χ2v) is 5.03. The quantitative estimate of drug-likeness (QED) is 0.846. The molecule has 2 aromatic rings. The van der Waals surface area contributed by atoms with Gasteiger partial charge in [-0.15, -0.1) is 0 Å². The lowest BCUT2D eigenvalue weighted by atomic mass is 10.1. The van der Waals surface area contributed by atoms with Crippen molar-refractivity contribution in [3.05, 3.63) is 41.1 Å². The molecule has 0 saturated carbocycles. The van der Waals surface area contributed by atoms with Crippen molar-refractivity contribution in [2.75, 3.05) is 6.54 Å². The minimum atomic E-state index is 0.199. The van der Waals surface area contributed by atoms with Crippen LogP contribution in [0.5, 0.6) is 0 Å². The second-order valence-electron chi connectivity index (χ2n) is 4.63. The fourth-order valence-electron chi connectivity index (χ4n) is 2.21. The van der Waals surface area contributed by atoms with E-state index in [0.29, 0.717) is 0 Å². The molecule has 5 heteroatoms. The number of nitrogens with one attached hydrogen (secondary N) is 1. The summed E-state index contributed by atoms with van der Waals surface area (Å²) in [4.78, 5) is 0. The molecule has 0 aliphatic heterocycles. The maximum atomic E-state index is 6.23. The van der Waals surface area contributed by atoms with Crippen LogP contribution in [0.4, 0.5) is 0 Å². The Balaban J connectivity index is 2.07. The first kappa shape index (κ1) is 14.2. The third-order valence-corrected chi connectivity index (χ3v) is 3.46. The molecule has 1 N–H and O–H groups in total. The number of aromatic nitrogens is 2. The lowest BCUT2D eigenvalue weighted by Crippen LogP contribution is -2.25. The van der Waals surface area contributed by atoms with Gasteiger partial charge in [-0.05, 0) is 31.5 Å². The monoisotopic (exact) mass is 281 g/mol. The van der Waals surface area contributed by atoms with Gasteiger partial charge in [-0.25, -0.2) is 0 Å². The summed E-state index contributed by atoms with van der Waals surface area (Å²) in [7, 11) is 1.93. The smallest absolute Gasteiger partial charge is 0.103 e. The number of rotatable bonds is 7. The van der Waals surface area contributed by atoms with Crippen LogP contribution in [0.3, 0.4) is 0 Å². The Kier molecular flexibility index (Phi) is 5.05. The third kappa shape index (κ3) is 3.61. The van der Waals surface area contributed by atoms with E-state index in [2.05, 4.69) is 17.3 Å². The predicted molar refractivity (Wildman–Crippen MR) is 76.3 cm³/mol. The molecule has 104 valence electrons. The summed E-state index contributed by atoms with van der Waals surface area (Å²) >= 11 is 6.23. The minimum Gasteiger partial charge on any atom is -0.469 e. The van der Waals surface area contributed by atoms with Crippen molar-refractivity contribution in [1.82, 2.24) is 15.1 Å². The van der Waals surface area contributed by atoms with Gasteiger partial charge in [-0.3, -0.25) is 4.68 Å². The Morgan fingerprint density at radius 3 is 2.95 bits per heavy atom. The summed E-state index contributed by atoms with van der Waals surface area (Å²) in [6.07, 6.45) is 6.32. The van der Waals surface area contributed by atoms with Crippen molar-refractivity contribution in [1.29, 1.82) is 0 Å². The van der Waals surface area contributed by atoms with Crippen molar-refractivity contribution < 1.29 is 4.42 Å². The summed E-state index contributed by atoms with van der Waals surface area (Å²) in [6, 6.07) is 4.12. The molecule has 4 nitrogen and oxygen atoms in total. The highest BCUT2D eigenvalue weighted by Crippen LogP contribution is 2.25. The molecule has 1 atom stereocenters. The Labute approximate surface area is 118 Å². The Hall–Kier alpha value is -1.26. The molecular weight excluding hydrogens is 262 g/mol. The molecule has 1 unspecified atom stereocenters. The minimum absolute atomic E-state index is 0.199. The number of furan rings is 1. The lowest BCUT2D eigenvalue weighted by Gasteiger charge is -2.19. The molecule has 0 aromatic carbocycles. The van der Waals surface area contributed by atoms with Crippen molar-refractivity contribution >= 4 is 11.6 Å². The van der Waals surface area contributed by atoms with E-state index in [1.54, 1.807) is 12.5 Å². The first-order chi connectivity index (χ1) is 9.22. The van der Waals surface area contributed by atoms with E-state index in [-0.39, 0.29) is 6.04 Å². The highest BCUT2D eigenvalue weighted by molar-refractivity contribution is 6.31. The van der Waals surface area contributed by atoms with E-state index >= 15 is 0 Å². The first-order valence-corrected chi connectivity index (χ1v) is 7.03. The topological polar surface area (TPSA) is 43.0 Å². The van der Waals surface area contributed by atoms with Gasteiger partial charge in [0.25, 0.3) is 0 Å². The van der Waals surface area contributed by atoms with Gasteiger partial charge in [0.05, 0.1) is 29.2 Å². The molecular formula is C14H20ClN3O. The molecule has 19 heavy (non-hydrogen) atoms. The van der Waals surface area contributed by atoms with Gasteiger partial charge in [0.1, 0.15) is 5.76 Å². The van der Waals surface area contributed by atoms with E-state index in [1.807, 2.05) is 23.9 Å². The van der Waals surface area contributed by atoms with Gasteiger partial charge in [-0.2, -0.15) is 5.10 Å². The Morgan fingerprint density at radius 2 is 2.37 bits per heavy atom. The Morgan fingerprint density at radius 1 is 1.53 bits per heavy atom. The van der Waals surface area contributed by atoms with E-state index in [9.17, 15) is 0 Å². The predicted octanol–water partition coefficient (Wildman–Crippen LogP) is 3.34. The largest absolute Gasteiger partial charge is 0.469 e. The number of halogens is 1. The third-order valence-electron chi connectivity index (χ3n) is 3.17. The zero-order valence-corrected chi connectivity index (χ0v) is 12.2. The SMILES string of the molecule is CCCNC(CCc1ccco1)c1c(Cl)cnn1C. The molecule has 0 radical (unpaired) electrons. The van der Waals surface area contributed by atoms with Crippen LogP contribution in [-0.2, 0) is 13.5 Å². The molecule has 0 amide bonds. The van der Waals surface area contributed by atoms with Crippen molar-refractivity contribution in [3.8, 4) is 0 Å². The average Bonchev–Trinajstić information content (AvgIpc) is 3.02. The maximum Gasteiger partial charge on any atom is 0.103 e. The first-order valence-electron chi connectivity index (χ1n) is 6.65. The fourth-order valence-corrected chi connectivity index (χ4v) is 2.51. The summed E-state index contributed by atoms with van der Waals surface area (Å²) in [5.74, 6) is 1.00. The molecule has 2 heterocycles. The molecule has 0 aliphatic carbocycles. The van der Waals surface area contributed by atoms with Crippen LogP contribution < -0.4 is 5.32 Å². The zero-order valence-electron chi connectivity index (χ0n) is 11.4. The Bertz CT molecular complexity index is 473. The number of hydrogen-bond acceptors (Lipinski definition) is 3. The van der Waals surface area contributed by atoms with E-state index in [1.165, 1.54) is 0 Å². The molecule has 0 saturated heterocycles. The number of hydrogen-bond donors (Lipinski definition) is 1. The zero-order chi connectivity index (χ0) is 13.7. The molecule has 2 rings (SSSR count). The summed E-state index contributed by atoms with van der Waals surface area (Å²) in [6.45, 7) is 3.12. The van der Waals surface area contributed by atoms with Gasteiger partial charge < -0.3 is 9.73 Å². The summed E-state index contributed by atoms with van der Waals surface area (Å²) in [5.41, 5.74) is 1.04. The molecule has 0 spiro atoms. The molecule has 0 fully saturated rings. The summed E-state index contributed by atoms with van der Waals surface area (Å²) < 4.78 is 7.23. The van der Waals surface area contributed by atoms with Gasteiger partial charge >= 0.3 is 0 Å². The fraction of sp³-hybridized carbons (Fsp3) is 0.500. The van der Waals surface area contributed by atoms with Crippen molar-refractivity contribution in [2.45, 2.75) is 32.2 Å². The molecule has 0 aliphatic rings. The van der Waals surface area contributed by atoms with Crippen LogP contribution in [-0.4, -0.2) is 16.3 Å². The van der Waals surface area contributed by atoms with Crippen molar-refractivity contribution in [2.24, 2.45) is 7.05 Å². The second kappa shape index (κ2) is 6.78. The van der Waals surface area contributed by atoms with E-state index in [0.717, 1.165) is 42.3 Å². The molecule has 2 aromatic heterocycles. The average molecular weight is 282 g/mol. The lowest BCUT2D eigenvalue weighted by molar-refractivity contribution is 0.436.